The lowest BCUT2D eigenvalue weighted by Crippen LogP contribution is -2.44. The minimum Gasteiger partial charge on any atom is -0.382 e. The Bertz CT molecular complexity index is 254. The van der Waals surface area contributed by atoms with Crippen LogP contribution in [-0.4, -0.2) is 77.3 Å². The topological polar surface area (TPSA) is 43.0 Å². The Hall–Kier alpha value is -0.200. The molecule has 0 aromatic carbocycles. The largest absolute Gasteiger partial charge is 0.382 e. The van der Waals surface area contributed by atoms with Crippen LogP contribution in [0, 0.1) is 5.92 Å². The van der Waals surface area contributed by atoms with Gasteiger partial charge < -0.3 is 24.4 Å². The highest BCUT2D eigenvalue weighted by molar-refractivity contribution is 4.81. The van der Waals surface area contributed by atoms with Gasteiger partial charge in [0.15, 0.2) is 0 Å². The van der Waals surface area contributed by atoms with Gasteiger partial charge in [0.1, 0.15) is 0 Å². The molecule has 1 saturated carbocycles. The van der Waals surface area contributed by atoms with Gasteiger partial charge in [-0.05, 0) is 51.2 Å². The van der Waals surface area contributed by atoms with E-state index in [-0.39, 0.29) is 0 Å². The smallest absolute Gasteiger partial charge is 0.0701 e. The van der Waals surface area contributed by atoms with Crippen molar-refractivity contribution in [2.75, 3.05) is 66.3 Å². The van der Waals surface area contributed by atoms with Crippen LogP contribution in [0.3, 0.4) is 0 Å². The lowest BCUT2D eigenvalue weighted by atomic mass is 10.1. The van der Waals surface area contributed by atoms with E-state index in [9.17, 15) is 0 Å². The van der Waals surface area contributed by atoms with Crippen molar-refractivity contribution >= 4 is 0 Å². The van der Waals surface area contributed by atoms with Crippen molar-refractivity contribution in [2.24, 2.45) is 5.92 Å². The van der Waals surface area contributed by atoms with Crippen molar-refractivity contribution in [2.45, 2.75) is 31.7 Å². The maximum absolute atomic E-state index is 5.61. The van der Waals surface area contributed by atoms with Crippen molar-refractivity contribution in [3.8, 4) is 0 Å². The van der Waals surface area contributed by atoms with Gasteiger partial charge in [-0.3, -0.25) is 0 Å². The van der Waals surface area contributed by atoms with Gasteiger partial charge in [0, 0.05) is 19.7 Å². The Morgan fingerprint density at radius 2 is 1.57 bits per heavy atom. The summed E-state index contributed by atoms with van der Waals surface area (Å²) in [4.78, 5) is 2.51. The predicted molar refractivity (Wildman–Crippen MR) is 83.7 cm³/mol. The van der Waals surface area contributed by atoms with Gasteiger partial charge >= 0.3 is 0 Å². The molecule has 1 heterocycles. The second-order valence-electron chi connectivity index (χ2n) is 6.19. The van der Waals surface area contributed by atoms with Crippen molar-refractivity contribution in [3.05, 3.63) is 0 Å². The first-order valence-electron chi connectivity index (χ1n) is 8.48. The van der Waals surface area contributed by atoms with Crippen LogP contribution < -0.4 is 5.32 Å². The number of nitrogens with one attached hydrogen (secondary N) is 1. The zero-order valence-electron chi connectivity index (χ0n) is 13.5. The second-order valence-corrected chi connectivity index (χ2v) is 6.19. The molecule has 0 unspecified atom stereocenters. The SMILES string of the molecule is COCCOCCOCCN1CCC(NCC2CC2)CC1. The number of hydrogen-bond donors (Lipinski definition) is 1. The molecule has 0 aromatic rings. The van der Waals surface area contributed by atoms with Gasteiger partial charge in [0.05, 0.1) is 33.0 Å². The molecule has 2 fully saturated rings. The molecule has 21 heavy (non-hydrogen) atoms. The van der Waals surface area contributed by atoms with Gasteiger partial charge in [-0.2, -0.15) is 0 Å². The van der Waals surface area contributed by atoms with Crippen molar-refractivity contribution in [1.82, 2.24) is 10.2 Å². The number of methoxy groups -OCH3 is 1. The molecular weight excluding hydrogens is 268 g/mol. The lowest BCUT2D eigenvalue weighted by Gasteiger charge is -2.32. The van der Waals surface area contributed by atoms with Gasteiger partial charge in [0.25, 0.3) is 0 Å². The summed E-state index contributed by atoms with van der Waals surface area (Å²) in [5.41, 5.74) is 0. The number of hydrogen-bond acceptors (Lipinski definition) is 5. The first-order chi connectivity index (χ1) is 10.4. The molecule has 1 aliphatic carbocycles. The molecule has 1 saturated heterocycles. The zero-order chi connectivity index (χ0) is 14.8. The van der Waals surface area contributed by atoms with E-state index in [1.165, 1.54) is 45.3 Å². The Balaban J connectivity index is 1.36. The zero-order valence-corrected chi connectivity index (χ0v) is 13.5. The van der Waals surface area contributed by atoms with E-state index in [4.69, 9.17) is 14.2 Å². The average molecular weight is 300 g/mol. The van der Waals surface area contributed by atoms with Crippen LogP contribution in [0.25, 0.3) is 0 Å². The normalized spacial score (nSPS) is 21.0. The maximum Gasteiger partial charge on any atom is 0.0701 e. The van der Waals surface area contributed by atoms with E-state index < -0.39 is 0 Å². The Morgan fingerprint density at radius 3 is 2.24 bits per heavy atom. The van der Waals surface area contributed by atoms with Crippen LogP contribution >= 0.6 is 0 Å². The van der Waals surface area contributed by atoms with Gasteiger partial charge in [-0.25, -0.2) is 0 Å². The fourth-order valence-corrected chi connectivity index (χ4v) is 2.67. The van der Waals surface area contributed by atoms with Crippen LogP contribution in [0.1, 0.15) is 25.7 Å². The molecule has 2 rings (SSSR count). The molecule has 0 atom stereocenters. The molecule has 0 aromatic heterocycles. The summed E-state index contributed by atoms with van der Waals surface area (Å²) in [5.74, 6) is 0.988. The minimum atomic E-state index is 0.654. The summed E-state index contributed by atoms with van der Waals surface area (Å²) in [6, 6.07) is 0.747. The molecule has 1 N–H and O–H groups in total. The Kier molecular flexibility index (Phi) is 8.59. The molecule has 2 aliphatic rings. The van der Waals surface area contributed by atoms with E-state index in [1.54, 1.807) is 7.11 Å². The third-order valence-electron chi connectivity index (χ3n) is 4.34. The van der Waals surface area contributed by atoms with E-state index in [2.05, 4.69) is 10.2 Å². The summed E-state index contributed by atoms with van der Waals surface area (Å²) in [5, 5.41) is 3.72. The summed E-state index contributed by atoms with van der Waals surface area (Å²) in [6.45, 7) is 8.18. The molecule has 5 heteroatoms. The molecular formula is C16H32N2O3. The van der Waals surface area contributed by atoms with Crippen molar-refractivity contribution in [1.29, 1.82) is 0 Å². The lowest BCUT2D eigenvalue weighted by molar-refractivity contribution is 0.0178. The van der Waals surface area contributed by atoms with E-state index in [1.807, 2.05) is 0 Å². The number of piperidine rings is 1. The Labute approximate surface area is 129 Å². The third kappa shape index (κ3) is 8.12. The molecule has 124 valence electrons. The van der Waals surface area contributed by atoms with Crippen molar-refractivity contribution < 1.29 is 14.2 Å². The van der Waals surface area contributed by atoms with Gasteiger partial charge in [-0.15, -0.1) is 0 Å². The quantitative estimate of drug-likeness (QED) is 0.547. The fraction of sp³-hybridized carbons (Fsp3) is 1.00. The second kappa shape index (κ2) is 10.5. The summed E-state index contributed by atoms with van der Waals surface area (Å²) < 4.78 is 15.9. The van der Waals surface area contributed by atoms with E-state index >= 15 is 0 Å². The van der Waals surface area contributed by atoms with Crippen LogP contribution in [0.5, 0.6) is 0 Å². The van der Waals surface area contributed by atoms with Gasteiger partial charge in [-0.1, -0.05) is 0 Å². The van der Waals surface area contributed by atoms with Gasteiger partial charge in [0.2, 0.25) is 0 Å². The standard InChI is InChI=1S/C16H32N2O3/c1-19-10-11-21-13-12-20-9-8-18-6-4-16(5-7-18)17-14-15-2-3-15/h15-17H,2-14H2,1H3. The van der Waals surface area contributed by atoms with Crippen LogP contribution in [0.4, 0.5) is 0 Å². The minimum absolute atomic E-state index is 0.654. The number of nitrogens with zero attached hydrogens (tertiary/aromatic N) is 1. The van der Waals surface area contributed by atoms with E-state index in [0.29, 0.717) is 26.4 Å². The highest BCUT2D eigenvalue weighted by atomic mass is 16.5. The molecule has 5 nitrogen and oxygen atoms in total. The third-order valence-corrected chi connectivity index (χ3v) is 4.34. The van der Waals surface area contributed by atoms with Crippen LogP contribution in [-0.2, 0) is 14.2 Å². The molecule has 0 amide bonds. The summed E-state index contributed by atoms with van der Waals surface area (Å²) >= 11 is 0. The number of likely N-dealkylation sites (tertiary alicyclic amines) is 1. The fourth-order valence-electron chi connectivity index (χ4n) is 2.67. The van der Waals surface area contributed by atoms with Crippen LogP contribution in [0.2, 0.25) is 0 Å². The van der Waals surface area contributed by atoms with Crippen LogP contribution in [0.15, 0.2) is 0 Å². The molecule has 1 aliphatic heterocycles. The first kappa shape index (κ1) is 17.2. The predicted octanol–water partition coefficient (Wildman–Crippen LogP) is 1.13. The van der Waals surface area contributed by atoms with E-state index in [0.717, 1.165) is 25.1 Å². The highest BCUT2D eigenvalue weighted by Gasteiger charge is 2.24. The maximum atomic E-state index is 5.61. The molecule has 0 radical (unpaired) electrons. The Morgan fingerprint density at radius 1 is 0.905 bits per heavy atom. The molecule has 0 spiro atoms. The summed E-state index contributed by atoms with van der Waals surface area (Å²) in [6.07, 6.45) is 5.45. The first-order valence-corrected chi connectivity index (χ1v) is 8.48. The monoisotopic (exact) mass is 300 g/mol. The average Bonchev–Trinajstić information content (AvgIpc) is 3.33. The summed E-state index contributed by atoms with van der Waals surface area (Å²) in [7, 11) is 1.69. The van der Waals surface area contributed by atoms with Crippen molar-refractivity contribution in [3.63, 3.8) is 0 Å². The number of ether oxygens (including phenoxy) is 3. The molecule has 0 bridgehead atoms. The number of rotatable bonds is 12. The highest BCUT2D eigenvalue weighted by Crippen LogP contribution is 2.28.